The molecule has 38 heavy (non-hydrogen) atoms. The van der Waals surface area contributed by atoms with Gasteiger partial charge in [0.05, 0.1) is 24.3 Å². The van der Waals surface area contributed by atoms with E-state index in [4.69, 9.17) is 14.2 Å². The fourth-order valence-corrected chi connectivity index (χ4v) is 5.13. The van der Waals surface area contributed by atoms with Gasteiger partial charge in [-0.15, -0.1) is 0 Å². The average Bonchev–Trinajstić information content (AvgIpc) is 3.46. The molecule has 196 valence electrons. The maximum atomic E-state index is 13.5. The third kappa shape index (κ3) is 4.32. The Kier molecular flexibility index (Phi) is 6.48. The Morgan fingerprint density at radius 1 is 1.03 bits per heavy atom. The second kappa shape index (κ2) is 9.78. The number of hydrogen-bond donors (Lipinski definition) is 1. The van der Waals surface area contributed by atoms with E-state index in [0.29, 0.717) is 28.4 Å². The van der Waals surface area contributed by atoms with Crippen LogP contribution in [-0.4, -0.2) is 49.7 Å². The van der Waals surface area contributed by atoms with E-state index in [9.17, 15) is 14.7 Å². The lowest BCUT2D eigenvalue weighted by Crippen LogP contribution is -2.29. The van der Waals surface area contributed by atoms with E-state index in [2.05, 4.69) is 0 Å². The van der Waals surface area contributed by atoms with E-state index >= 15 is 0 Å². The zero-order chi connectivity index (χ0) is 27.1. The molecule has 1 unspecified atom stereocenters. The topological polar surface area (TPSA) is 88.5 Å². The molecule has 0 bridgehead atoms. The number of ether oxygens (including phenoxy) is 3. The third-order valence-electron chi connectivity index (χ3n) is 6.93. The van der Waals surface area contributed by atoms with E-state index in [-0.39, 0.29) is 24.7 Å². The molecule has 3 aromatic rings. The normalized spacial score (nSPS) is 17.7. The zero-order valence-electron chi connectivity index (χ0n) is 22.1. The summed E-state index contributed by atoms with van der Waals surface area (Å²) in [6.45, 7) is 4.05. The van der Waals surface area contributed by atoms with Crippen LogP contribution in [0.1, 0.15) is 33.9 Å². The largest absolute Gasteiger partial charge is 0.507 e. The Morgan fingerprint density at radius 2 is 1.74 bits per heavy atom. The molecular weight excluding hydrogens is 484 g/mol. The minimum absolute atomic E-state index is 0.0247. The molecule has 1 N–H and O–H groups in total. The summed E-state index contributed by atoms with van der Waals surface area (Å²) in [5.41, 5.74) is 4.56. The number of aliphatic hydroxyl groups is 1. The molecule has 1 atom stereocenters. The number of benzene rings is 3. The van der Waals surface area contributed by atoms with Gasteiger partial charge in [0.2, 0.25) is 6.79 Å². The molecule has 2 aliphatic heterocycles. The van der Waals surface area contributed by atoms with Crippen LogP contribution in [0.3, 0.4) is 0 Å². The van der Waals surface area contributed by atoms with Crippen LogP contribution in [-0.2, 0) is 16.1 Å². The summed E-state index contributed by atoms with van der Waals surface area (Å²) in [5, 5.41) is 11.6. The number of fused-ring (bicyclic) bond motifs is 1. The lowest BCUT2D eigenvalue weighted by Gasteiger charge is -2.26. The molecule has 0 aromatic heterocycles. The quantitative estimate of drug-likeness (QED) is 0.289. The van der Waals surface area contributed by atoms with Crippen molar-refractivity contribution in [3.8, 4) is 17.2 Å². The van der Waals surface area contributed by atoms with Gasteiger partial charge >= 0.3 is 0 Å². The Labute approximate surface area is 221 Å². The van der Waals surface area contributed by atoms with Gasteiger partial charge in [0.15, 0.2) is 11.5 Å². The number of hydrogen-bond acceptors (Lipinski definition) is 7. The van der Waals surface area contributed by atoms with Gasteiger partial charge in [-0.25, -0.2) is 0 Å². The highest BCUT2D eigenvalue weighted by molar-refractivity contribution is 6.46. The predicted molar refractivity (Wildman–Crippen MR) is 144 cm³/mol. The standard InChI is InChI=1S/C30H30N2O6/c1-17-12-18(2)29(36-5)22(13-17)27(33)25-26(20-7-9-21(10-8-20)31(3)4)32(30(35)28(25)34)15-19-6-11-23-24(14-19)38-16-37-23/h6-14,26,33H,15-16H2,1-5H3/b27-25+. The van der Waals surface area contributed by atoms with Gasteiger partial charge in [-0.1, -0.05) is 24.3 Å². The molecule has 0 saturated carbocycles. The molecule has 0 aliphatic carbocycles. The summed E-state index contributed by atoms with van der Waals surface area (Å²) in [5.74, 6) is -0.0153. The SMILES string of the molecule is COc1c(C)cc(C)cc1/C(O)=C1\C(=O)C(=O)N(Cc2ccc3c(c2)OCO3)C1c1ccc(N(C)C)cc1. The lowest BCUT2D eigenvalue weighted by atomic mass is 9.93. The molecule has 8 heteroatoms. The van der Waals surface area contributed by atoms with Crippen LogP contribution in [0.5, 0.6) is 17.2 Å². The number of carbonyl (C=O) groups is 2. The molecule has 3 aromatic carbocycles. The van der Waals surface area contributed by atoms with Crippen molar-refractivity contribution in [1.82, 2.24) is 4.90 Å². The molecule has 2 heterocycles. The van der Waals surface area contributed by atoms with Gasteiger partial charge in [0.25, 0.3) is 11.7 Å². The molecule has 1 amide bonds. The van der Waals surface area contributed by atoms with Crippen molar-refractivity contribution in [2.24, 2.45) is 0 Å². The number of Topliss-reactive ketones (excluding diaryl/α,β-unsaturated/α-hetero) is 1. The lowest BCUT2D eigenvalue weighted by molar-refractivity contribution is -0.140. The second-order valence-corrected chi connectivity index (χ2v) is 9.76. The third-order valence-corrected chi connectivity index (χ3v) is 6.93. The van der Waals surface area contributed by atoms with E-state index in [1.165, 1.54) is 12.0 Å². The summed E-state index contributed by atoms with van der Waals surface area (Å²) in [7, 11) is 5.39. The highest BCUT2D eigenvalue weighted by Gasteiger charge is 2.46. The molecule has 5 rings (SSSR count). The number of rotatable bonds is 6. The Balaban J connectivity index is 1.66. The highest BCUT2D eigenvalue weighted by Crippen LogP contribution is 2.43. The fraction of sp³-hybridized carbons (Fsp3) is 0.267. The van der Waals surface area contributed by atoms with Crippen LogP contribution >= 0.6 is 0 Å². The smallest absolute Gasteiger partial charge is 0.295 e. The van der Waals surface area contributed by atoms with Gasteiger partial charge in [0, 0.05) is 26.3 Å². The maximum absolute atomic E-state index is 13.5. The number of ketones is 1. The van der Waals surface area contributed by atoms with Gasteiger partial charge < -0.3 is 29.1 Å². The van der Waals surface area contributed by atoms with Crippen molar-refractivity contribution in [3.63, 3.8) is 0 Å². The van der Waals surface area contributed by atoms with Crippen molar-refractivity contribution in [3.05, 3.63) is 88.0 Å². The predicted octanol–water partition coefficient (Wildman–Crippen LogP) is 4.73. The molecule has 0 radical (unpaired) electrons. The summed E-state index contributed by atoms with van der Waals surface area (Å²) < 4.78 is 16.5. The van der Waals surface area contributed by atoms with Crippen LogP contribution in [0.4, 0.5) is 5.69 Å². The maximum Gasteiger partial charge on any atom is 0.295 e. The van der Waals surface area contributed by atoms with Crippen LogP contribution in [0, 0.1) is 13.8 Å². The first kappa shape index (κ1) is 25.2. The van der Waals surface area contributed by atoms with Crippen molar-refractivity contribution in [1.29, 1.82) is 0 Å². The number of aliphatic hydroxyl groups excluding tert-OH is 1. The average molecular weight is 515 g/mol. The van der Waals surface area contributed by atoms with Crippen LogP contribution in [0.15, 0.2) is 60.2 Å². The number of nitrogens with zero attached hydrogens (tertiary/aromatic N) is 2. The van der Waals surface area contributed by atoms with E-state index < -0.39 is 17.7 Å². The molecule has 1 fully saturated rings. The number of amides is 1. The van der Waals surface area contributed by atoms with Gasteiger partial charge in [-0.2, -0.15) is 0 Å². The minimum Gasteiger partial charge on any atom is -0.507 e. The monoisotopic (exact) mass is 514 g/mol. The fourth-order valence-electron chi connectivity index (χ4n) is 5.13. The molecular formula is C30H30N2O6. The van der Waals surface area contributed by atoms with E-state index in [1.807, 2.05) is 69.2 Å². The van der Waals surface area contributed by atoms with Gasteiger partial charge in [0.1, 0.15) is 11.5 Å². The first-order valence-electron chi connectivity index (χ1n) is 12.3. The number of aryl methyl sites for hydroxylation is 2. The second-order valence-electron chi connectivity index (χ2n) is 9.76. The van der Waals surface area contributed by atoms with Crippen LogP contribution in [0.2, 0.25) is 0 Å². The highest BCUT2D eigenvalue weighted by atomic mass is 16.7. The first-order chi connectivity index (χ1) is 18.2. The first-order valence-corrected chi connectivity index (χ1v) is 12.3. The number of methoxy groups -OCH3 is 1. The van der Waals surface area contributed by atoms with Crippen molar-refractivity contribution < 1.29 is 28.9 Å². The molecule has 2 aliphatic rings. The molecule has 0 spiro atoms. The van der Waals surface area contributed by atoms with Crippen molar-refractivity contribution >= 4 is 23.1 Å². The van der Waals surface area contributed by atoms with Gasteiger partial charge in [-0.3, -0.25) is 9.59 Å². The summed E-state index contributed by atoms with van der Waals surface area (Å²) in [6.07, 6.45) is 0. The van der Waals surface area contributed by atoms with Crippen molar-refractivity contribution in [2.75, 3.05) is 32.9 Å². The van der Waals surface area contributed by atoms with Gasteiger partial charge in [-0.05, 0) is 66.4 Å². The Hall–Kier alpha value is -4.46. The Bertz CT molecular complexity index is 1460. The summed E-state index contributed by atoms with van der Waals surface area (Å²) in [6, 6.07) is 15.9. The number of likely N-dealkylation sites (tertiary alicyclic amines) is 1. The van der Waals surface area contributed by atoms with Crippen LogP contribution in [0.25, 0.3) is 5.76 Å². The summed E-state index contributed by atoms with van der Waals surface area (Å²) in [4.78, 5) is 30.5. The number of anilines is 1. The summed E-state index contributed by atoms with van der Waals surface area (Å²) >= 11 is 0. The van der Waals surface area contributed by atoms with E-state index in [1.54, 1.807) is 18.2 Å². The van der Waals surface area contributed by atoms with E-state index in [0.717, 1.165) is 22.4 Å². The van der Waals surface area contributed by atoms with Crippen molar-refractivity contribution in [2.45, 2.75) is 26.4 Å². The zero-order valence-corrected chi connectivity index (χ0v) is 22.1. The molecule has 1 saturated heterocycles. The Morgan fingerprint density at radius 3 is 2.42 bits per heavy atom. The minimum atomic E-state index is -0.804. The molecule has 8 nitrogen and oxygen atoms in total. The number of carbonyl (C=O) groups excluding carboxylic acids is 2. The van der Waals surface area contributed by atoms with Crippen LogP contribution < -0.4 is 19.1 Å².